The molecule has 1 saturated carbocycles. The molecule has 3 N–H and O–H groups in total. The maximum atomic E-state index is 12.1. The van der Waals surface area contributed by atoms with E-state index < -0.39 is 4.92 Å². The van der Waals surface area contributed by atoms with Crippen LogP contribution in [0, 0.1) is 10.1 Å². The van der Waals surface area contributed by atoms with Crippen molar-refractivity contribution in [2.75, 3.05) is 11.9 Å². The monoisotopic (exact) mass is 456 g/mol. The predicted molar refractivity (Wildman–Crippen MR) is 121 cm³/mol. The highest BCUT2D eigenvalue weighted by molar-refractivity contribution is 7.98. The third kappa shape index (κ3) is 5.47. The van der Waals surface area contributed by atoms with Crippen molar-refractivity contribution in [2.45, 2.75) is 49.5 Å². The Kier molecular flexibility index (Phi) is 7.05. The smallest absolute Gasteiger partial charge is 0.325 e. The van der Waals surface area contributed by atoms with Crippen LogP contribution < -0.4 is 15.4 Å². The zero-order valence-corrected chi connectivity index (χ0v) is 18.2. The maximum absolute atomic E-state index is 12.1. The number of hydrogen-bond acceptors (Lipinski definition) is 8. The summed E-state index contributed by atoms with van der Waals surface area (Å²) in [6.07, 6.45) is 6.47. The van der Waals surface area contributed by atoms with E-state index in [1.54, 1.807) is 6.07 Å². The molecule has 0 bridgehead atoms. The number of nitro benzene ring substituents is 1. The first kappa shape index (κ1) is 21.9. The standard InChI is InChI=1S/C21H24N6O4S/c28-21(23-15-4-2-1-3-5-15)26-32-16-8-6-14(7-9-16)12-13-22-17-10-11-18(27(29)30)20-19(17)24-31-25-20/h6-11,15,22H,1-5,12-13H2,(H2,23,26,28). The molecule has 2 amide bonds. The van der Waals surface area contributed by atoms with E-state index in [2.05, 4.69) is 30.3 Å². The normalized spacial score (nSPS) is 14.2. The highest BCUT2D eigenvalue weighted by Crippen LogP contribution is 2.28. The zero-order chi connectivity index (χ0) is 22.3. The number of amides is 2. The molecule has 0 radical (unpaired) electrons. The van der Waals surface area contributed by atoms with E-state index in [0.29, 0.717) is 17.7 Å². The van der Waals surface area contributed by atoms with Crippen molar-refractivity contribution in [3.8, 4) is 0 Å². The molecule has 0 aliphatic heterocycles. The molecule has 11 heteroatoms. The average molecular weight is 457 g/mol. The Balaban J connectivity index is 1.24. The first-order valence-electron chi connectivity index (χ1n) is 10.6. The first-order chi connectivity index (χ1) is 15.6. The van der Waals surface area contributed by atoms with Gasteiger partial charge in [-0.15, -0.1) is 0 Å². The number of urea groups is 1. The predicted octanol–water partition coefficient (Wildman–Crippen LogP) is 4.42. The van der Waals surface area contributed by atoms with E-state index in [0.717, 1.165) is 29.7 Å². The van der Waals surface area contributed by atoms with Gasteiger partial charge in [-0.25, -0.2) is 9.42 Å². The lowest BCUT2D eigenvalue weighted by Crippen LogP contribution is -2.40. The summed E-state index contributed by atoms with van der Waals surface area (Å²) in [6, 6.07) is 11.1. The summed E-state index contributed by atoms with van der Waals surface area (Å²) in [6.45, 7) is 0.605. The summed E-state index contributed by atoms with van der Waals surface area (Å²) in [5.41, 5.74) is 2.07. The van der Waals surface area contributed by atoms with Crippen LogP contribution in [0.4, 0.5) is 16.2 Å². The van der Waals surface area contributed by atoms with E-state index in [1.807, 2.05) is 24.3 Å². The van der Waals surface area contributed by atoms with Gasteiger partial charge in [-0.05, 0) is 65.3 Å². The molecule has 1 aliphatic carbocycles. The van der Waals surface area contributed by atoms with Crippen LogP contribution in [0.3, 0.4) is 0 Å². The lowest BCUT2D eigenvalue weighted by molar-refractivity contribution is -0.383. The van der Waals surface area contributed by atoms with Gasteiger partial charge in [0.2, 0.25) is 5.52 Å². The summed E-state index contributed by atoms with van der Waals surface area (Å²) in [7, 11) is 0. The van der Waals surface area contributed by atoms with E-state index >= 15 is 0 Å². The molecule has 32 heavy (non-hydrogen) atoms. The fourth-order valence-electron chi connectivity index (χ4n) is 3.78. The number of hydrogen-bond donors (Lipinski definition) is 3. The zero-order valence-electron chi connectivity index (χ0n) is 17.4. The lowest BCUT2D eigenvalue weighted by atomic mass is 9.96. The summed E-state index contributed by atoms with van der Waals surface area (Å²) >= 11 is 1.29. The Bertz CT molecular complexity index is 1080. The average Bonchev–Trinajstić information content (AvgIpc) is 3.29. The van der Waals surface area contributed by atoms with Gasteiger partial charge in [-0.1, -0.05) is 31.4 Å². The SMILES string of the molecule is O=C(NSc1ccc(CCNc2ccc([N+](=O)[O-])c3nonc23)cc1)NC1CCCCC1. The van der Waals surface area contributed by atoms with Crippen LogP contribution in [0.2, 0.25) is 0 Å². The molecular weight excluding hydrogens is 432 g/mol. The van der Waals surface area contributed by atoms with Crippen molar-refractivity contribution in [3.05, 3.63) is 52.1 Å². The number of nitro groups is 1. The summed E-state index contributed by atoms with van der Waals surface area (Å²) in [5, 5.41) is 24.7. The van der Waals surface area contributed by atoms with E-state index in [-0.39, 0.29) is 23.3 Å². The van der Waals surface area contributed by atoms with Gasteiger partial charge in [0.25, 0.3) is 0 Å². The number of nitrogens with zero attached hydrogens (tertiary/aromatic N) is 3. The second-order valence-electron chi connectivity index (χ2n) is 7.68. The number of benzene rings is 2. The third-order valence-electron chi connectivity index (χ3n) is 5.45. The van der Waals surface area contributed by atoms with Crippen LogP contribution in [0.1, 0.15) is 37.7 Å². The topological polar surface area (TPSA) is 135 Å². The van der Waals surface area contributed by atoms with Crippen molar-refractivity contribution in [1.82, 2.24) is 20.4 Å². The van der Waals surface area contributed by atoms with Crippen LogP contribution in [-0.4, -0.2) is 33.9 Å². The fourth-order valence-corrected chi connectivity index (χ4v) is 4.32. The second-order valence-corrected chi connectivity index (χ2v) is 8.56. The van der Waals surface area contributed by atoms with Gasteiger partial charge in [0.1, 0.15) is 0 Å². The molecule has 1 aromatic heterocycles. The molecule has 4 rings (SSSR count). The van der Waals surface area contributed by atoms with Crippen LogP contribution in [-0.2, 0) is 6.42 Å². The molecule has 2 aromatic carbocycles. The van der Waals surface area contributed by atoms with E-state index in [1.165, 1.54) is 37.3 Å². The number of aromatic nitrogens is 2. The van der Waals surface area contributed by atoms with Crippen molar-refractivity contribution in [1.29, 1.82) is 0 Å². The molecular formula is C21H24N6O4S. The van der Waals surface area contributed by atoms with Crippen LogP contribution in [0.5, 0.6) is 0 Å². The van der Waals surface area contributed by atoms with Gasteiger partial charge < -0.3 is 10.6 Å². The molecule has 0 unspecified atom stereocenters. The Morgan fingerprint density at radius 2 is 1.84 bits per heavy atom. The first-order valence-corrected chi connectivity index (χ1v) is 11.4. The van der Waals surface area contributed by atoms with Gasteiger partial charge in [-0.3, -0.25) is 14.8 Å². The third-order valence-corrected chi connectivity index (χ3v) is 6.24. The lowest BCUT2D eigenvalue weighted by Gasteiger charge is -2.22. The minimum Gasteiger partial charge on any atom is -0.383 e. The highest BCUT2D eigenvalue weighted by atomic mass is 32.2. The maximum Gasteiger partial charge on any atom is 0.325 e. The molecule has 0 saturated heterocycles. The molecule has 1 fully saturated rings. The van der Waals surface area contributed by atoms with Crippen molar-refractivity contribution in [2.24, 2.45) is 0 Å². The largest absolute Gasteiger partial charge is 0.383 e. The molecule has 1 aliphatic rings. The summed E-state index contributed by atoms with van der Waals surface area (Å²) in [4.78, 5) is 23.6. The van der Waals surface area contributed by atoms with Gasteiger partial charge in [0, 0.05) is 23.5 Å². The molecule has 0 spiro atoms. The number of carbonyl (C=O) groups excluding carboxylic acids is 1. The number of fused-ring (bicyclic) bond motifs is 1. The Morgan fingerprint density at radius 3 is 2.59 bits per heavy atom. The minimum atomic E-state index is -0.510. The van der Waals surface area contributed by atoms with Crippen molar-refractivity contribution >= 4 is 40.4 Å². The number of non-ortho nitro benzene ring substituents is 1. The number of nitrogens with one attached hydrogen (secondary N) is 3. The minimum absolute atomic E-state index is 0.126. The van der Waals surface area contributed by atoms with Crippen LogP contribution >= 0.6 is 11.9 Å². The van der Waals surface area contributed by atoms with Gasteiger partial charge in [0.15, 0.2) is 5.52 Å². The Morgan fingerprint density at radius 1 is 1.09 bits per heavy atom. The fraction of sp³-hybridized carbons (Fsp3) is 0.381. The van der Waals surface area contributed by atoms with Crippen molar-refractivity contribution in [3.63, 3.8) is 0 Å². The van der Waals surface area contributed by atoms with Gasteiger partial charge >= 0.3 is 11.7 Å². The van der Waals surface area contributed by atoms with Crippen LogP contribution in [0.25, 0.3) is 11.0 Å². The molecule has 168 valence electrons. The Labute approximate surface area is 188 Å². The van der Waals surface area contributed by atoms with Gasteiger partial charge in [-0.2, -0.15) is 0 Å². The Hall–Kier alpha value is -3.34. The van der Waals surface area contributed by atoms with Gasteiger partial charge in [0.05, 0.1) is 10.6 Å². The molecule has 10 nitrogen and oxygen atoms in total. The van der Waals surface area contributed by atoms with Crippen molar-refractivity contribution < 1.29 is 14.3 Å². The summed E-state index contributed by atoms with van der Waals surface area (Å²) in [5.74, 6) is 0. The highest BCUT2D eigenvalue weighted by Gasteiger charge is 2.19. The molecule has 3 aromatic rings. The second kappa shape index (κ2) is 10.3. The summed E-state index contributed by atoms with van der Waals surface area (Å²) < 4.78 is 7.52. The van der Waals surface area contributed by atoms with E-state index in [4.69, 9.17) is 0 Å². The molecule has 0 atom stereocenters. The number of anilines is 1. The van der Waals surface area contributed by atoms with E-state index in [9.17, 15) is 14.9 Å². The molecule has 1 heterocycles. The number of carbonyl (C=O) groups is 1. The van der Waals surface area contributed by atoms with Crippen LogP contribution in [0.15, 0.2) is 45.9 Å². The number of rotatable bonds is 8. The quantitative estimate of drug-likeness (QED) is 0.257.